The Labute approximate surface area is 117 Å². The number of carbonyl (C=O) groups is 1. The first-order valence-corrected chi connectivity index (χ1v) is 6.57. The lowest BCUT2D eigenvalue weighted by Crippen LogP contribution is -2.28. The maximum absolute atomic E-state index is 12.7. The Morgan fingerprint density at radius 1 is 1.30 bits per heavy atom. The minimum Gasteiger partial charge on any atom is -0.336 e. The van der Waals surface area contributed by atoms with Crippen molar-refractivity contribution in [3.8, 4) is 0 Å². The fourth-order valence-corrected chi connectivity index (χ4v) is 2.36. The lowest BCUT2D eigenvalue weighted by Gasteiger charge is -2.17. The topological polar surface area (TPSA) is 33.2 Å². The van der Waals surface area contributed by atoms with Gasteiger partial charge in [0.25, 0.3) is 5.91 Å². The maximum atomic E-state index is 12.7. The number of rotatable bonds is 3. The first-order chi connectivity index (χ1) is 9.39. The van der Waals surface area contributed by atoms with E-state index in [1.54, 1.807) is 24.3 Å². The van der Waals surface area contributed by atoms with Gasteiger partial charge >= 0.3 is 6.18 Å². The number of benzene rings is 1. The van der Waals surface area contributed by atoms with Crippen molar-refractivity contribution in [2.24, 2.45) is 0 Å². The number of thiazole rings is 1. The summed E-state index contributed by atoms with van der Waals surface area (Å²) in [5.41, 5.74) is 1.33. The molecule has 3 nitrogen and oxygen atoms in total. The van der Waals surface area contributed by atoms with Crippen molar-refractivity contribution in [1.29, 1.82) is 0 Å². The van der Waals surface area contributed by atoms with Crippen LogP contribution in [0, 0.1) is 0 Å². The zero-order chi connectivity index (χ0) is 14.8. The number of hydrogen-bond acceptors (Lipinski definition) is 3. The van der Waals surface area contributed by atoms with E-state index < -0.39 is 22.7 Å². The van der Waals surface area contributed by atoms with Crippen LogP contribution in [0.1, 0.15) is 20.9 Å². The Morgan fingerprint density at radius 3 is 2.55 bits per heavy atom. The van der Waals surface area contributed by atoms with E-state index in [9.17, 15) is 18.0 Å². The van der Waals surface area contributed by atoms with Crippen LogP contribution in [0.15, 0.2) is 35.8 Å². The number of halogens is 3. The SMILES string of the molecule is CN(Cc1ccccc1)C(=O)c1ncsc1C(F)(F)F. The van der Waals surface area contributed by atoms with Gasteiger partial charge in [0.15, 0.2) is 5.69 Å². The van der Waals surface area contributed by atoms with E-state index in [-0.39, 0.29) is 6.54 Å². The van der Waals surface area contributed by atoms with Gasteiger partial charge in [-0.05, 0) is 5.56 Å². The Balaban J connectivity index is 2.18. The molecule has 1 aromatic heterocycles. The number of aromatic nitrogens is 1. The number of amides is 1. The van der Waals surface area contributed by atoms with Gasteiger partial charge in [0, 0.05) is 13.6 Å². The van der Waals surface area contributed by atoms with Crippen LogP contribution in [-0.4, -0.2) is 22.8 Å². The molecule has 0 saturated heterocycles. The monoisotopic (exact) mass is 300 g/mol. The molecule has 0 fully saturated rings. The first kappa shape index (κ1) is 14.5. The number of carbonyl (C=O) groups excluding carboxylic acids is 1. The van der Waals surface area contributed by atoms with Crippen LogP contribution in [0.25, 0.3) is 0 Å². The van der Waals surface area contributed by atoms with Crippen LogP contribution in [-0.2, 0) is 12.7 Å². The van der Waals surface area contributed by atoms with Gasteiger partial charge in [-0.15, -0.1) is 11.3 Å². The molecule has 0 radical (unpaired) electrons. The zero-order valence-corrected chi connectivity index (χ0v) is 11.3. The van der Waals surface area contributed by atoms with Gasteiger partial charge in [0.2, 0.25) is 0 Å². The predicted molar refractivity (Wildman–Crippen MR) is 69.4 cm³/mol. The lowest BCUT2D eigenvalue weighted by molar-refractivity contribution is -0.134. The summed E-state index contributed by atoms with van der Waals surface area (Å²) in [6, 6.07) is 9.04. The van der Waals surface area contributed by atoms with Crippen LogP contribution >= 0.6 is 11.3 Å². The van der Waals surface area contributed by atoms with Gasteiger partial charge in [-0.3, -0.25) is 4.79 Å². The Hall–Kier alpha value is -1.89. The molecular formula is C13H11F3N2OS. The summed E-state index contributed by atoms with van der Waals surface area (Å²) in [4.78, 5) is 15.9. The highest BCUT2D eigenvalue weighted by atomic mass is 32.1. The van der Waals surface area contributed by atoms with E-state index in [1.165, 1.54) is 11.9 Å². The summed E-state index contributed by atoms with van der Waals surface area (Å²) in [6.45, 7) is 0.231. The second-order valence-corrected chi connectivity index (χ2v) is 5.03. The van der Waals surface area contributed by atoms with E-state index in [2.05, 4.69) is 4.98 Å². The fraction of sp³-hybridized carbons (Fsp3) is 0.231. The van der Waals surface area contributed by atoms with Gasteiger partial charge in [-0.25, -0.2) is 4.98 Å². The third-order valence-corrected chi connectivity index (χ3v) is 3.51. The molecule has 0 aliphatic carbocycles. The highest BCUT2D eigenvalue weighted by Crippen LogP contribution is 2.35. The molecule has 0 bridgehead atoms. The standard InChI is InChI=1S/C13H11F3N2OS/c1-18(7-9-5-3-2-4-6-9)12(19)10-11(13(14,15)16)20-8-17-10/h2-6,8H,7H2,1H3. The summed E-state index contributed by atoms with van der Waals surface area (Å²) in [7, 11) is 1.45. The summed E-state index contributed by atoms with van der Waals surface area (Å²) in [5.74, 6) is -0.734. The minimum atomic E-state index is -4.56. The van der Waals surface area contributed by atoms with Gasteiger partial charge in [-0.1, -0.05) is 30.3 Å². The van der Waals surface area contributed by atoms with Crippen LogP contribution < -0.4 is 0 Å². The number of hydrogen-bond donors (Lipinski definition) is 0. The van der Waals surface area contributed by atoms with Crippen molar-refractivity contribution >= 4 is 17.2 Å². The van der Waals surface area contributed by atoms with Crippen LogP contribution in [0.2, 0.25) is 0 Å². The van der Waals surface area contributed by atoms with E-state index >= 15 is 0 Å². The molecular weight excluding hydrogens is 289 g/mol. The van der Waals surface area contributed by atoms with E-state index in [4.69, 9.17) is 0 Å². The van der Waals surface area contributed by atoms with Gasteiger partial charge in [0.1, 0.15) is 4.88 Å². The van der Waals surface area contributed by atoms with E-state index in [1.807, 2.05) is 6.07 Å². The third-order valence-electron chi connectivity index (χ3n) is 2.64. The van der Waals surface area contributed by atoms with Crippen molar-refractivity contribution in [1.82, 2.24) is 9.88 Å². The molecule has 0 aliphatic heterocycles. The molecule has 0 spiro atoms. The molecule has 0 unspecified atom stereocenters. The molecule has 0 atom stereocenters. The summed E-state index contributed by atoms with van der Waals surface area (Å²) in [5, 5.41) is 0. The molecule has 1 amide bonds. The average molecular weight is 300 g/mol. The predicted octanol–water partition coefficient (Wildman–Crippen LogP) is 3.43. The molecule has 7 heteroatoms. The van der Waals surface area contributed by atoms with Crippen molar-refractivity contribution in [3.63, 3.8) is 0 Å². The summed E-state index contributed by atoms with van der Waals surface area (Å²) >= 11 is 0.425. The summed E-state index contributed by atoms with van der Waals surface area (Å²) in [6.07, 6.45) is -4.56. The van der Waals surface area contributed by atoms with Gasteiger partial charge in [0.05, 0.1) is 5.51 Å². The number of alkyl halides is 3. The largest absolute Gasteiger partial charge is 0.427 e. The van der Waals surface area contributed by atoms with Crippen molar-refractivity contribution in [2.45, 2.75) is 12.7 Å². The normalized spacial score (nSPS) is 11.4. The average Bonchev–Trinajstić information content (AvgIpc) is 2.88. The highest BCUT2D eigenvalue weighted by molar-refractivity contribution is 7.10. The van der Waals surface area contributed by atoms with Crippen molar-refractivity contribution in [3.05, 3.63) is 52.0 Å². The quantitative estimate of drug-likeness (QED) is 0.870. The van der Waals surface area contributed by atoms with Crippen molar-refractivity contribution < 1.29 is 18.0 Å². The molecule has 20 heavy (non-hydrogen) atoms. The highest BCUT2D eigenvalue weighted by Gasteiger charge is 2.38. The third kappa shape index (κ3) is 3.16. The van der Waals surface area contributed by atoms with Crippen molar-refractivity contribution in [2.75, 3.05) is 7.05 Å². The fourth-order valence-electron chi connectivity index (χ4n) is 1.71. The molecule has 0 saturated carbocycles. The second-order valence-electron chi connectivity index (χ2n) is 4.17. The molecule has 1 aromatic carbocycles. The van der Waals surface area contributed by atoms with Gasteiger partial charge < -0.3 is 4.90 Å². The first-order valence-electron chi connectivity index (χ1n) is 5.69. The lowest BCUT2D eigenvalue weighted by atomic mass is 10.2. The maximum Gasteiger partial charge on any atom is 0.427 e. The van der Waals surface area contributed by atoms with E-state index in [0.29, 0.717) is 11.3 Å². The number of nitrogens with zero attached hydrogens (tertiary/aromatic N) is 2. The molecule has 0 aliphatic rings. The summed E-state index contributed by atoms with van der Waals surface area (Å²) < 4.78 is 38.2. The smallest absolute Gasteiger partial charge is 0.336 e. The molecule has 2 rings (SSSR count). The van der Waals surface area contributed by atoms with Crippen LogP contribution in [0.4, 0.5) is 13.2 Å². The molecule has 1 heterocycles. The minimum absolute atomic E-state index is 0.231. The van der Waals surface area contributed by atoms with E-state index in [0.717, 1.165) is 11.1 Å². The second kappa shape index (κ2) is 5.62. The molecule has 2 aromatic rings. The molecule has 106 valence electrons. The Bertz CT molecular complexity index is 595. The Kier molecular flexibility index (Phi) is 4.08. The van der Waals surface area contributed by atoms with Crippen LogP contribution in [0.5, 0.6) is 0 Å². The van der Waals surface area contributed by atoms with Gasteiger partial charge in [-0.2, -0.15) is 13.2 Å². The van der Waals surface area contributed by atoms with Crippen LogP contribution in [0.3, 0.4) is 0 Å². The molecule has 0 N–H and O–H groups in total. The zero-order valence-electron chi connectivity index (χ0n) is 10.5. The Morgan fingerprint density at radius 2 is 1.95 bits per heavy atom.